The Balaban J connectivity index is 2.18. The Morgan fingerprint density at radius 1 is 1.39 bits per heavy atom. The number of amides is 1. The lowest BCUT2D eigenvalue weighted by Gasteiger charge is -2.23. The van der Waals surface area contributed by atoms with Gasteiger partial charge in [0.1, 0.15) is 5.60 Å². The first-order chi connectivity index (χ1) is 10.7. The molecule has 0 bridgehead atoms. The molecule has 6 heteroatoms. The van der Waals surface area contributed by atoms with Gasteiger partial charge >= 0.3 is 6.09 Å². The normalized spacial score (nSPS) is 13.1. The average molecular weight is 324 g/mol. The zero-order chi connectivity index (χ0) is 17.2. The molecule has 1 aromatic heterocycles. The molecule has 0 aliphatic heterocycles. The van der Waals surface area contributed by atoms with Gasteiger partial charge in [-0.05, 0) is 51.3 Å². The van der Waals surface area contributed by atoms with Crippen LogP contribution >= 0.6 is 0 Å². The van der Waals surface area contributed by atoms with Gasteiger partial charge in [-0.1, -0.05) is 6.92 Å². The number of carbonyl (C=O) groups is 1. The Kier molecular flexibility index (Phi) is 4.92. The van der Waals surface area contributed by atoms with E-state index in [9.17, 15) is 13.6 Å². The van der Waals surface area contributed by atoms with Gasteiger partial charge in [-0.3, -0.25) is 0 Å². The van der Waals surface area contributed by atoms with Crippen LogP contribution in [0, 0.1) is 11.6 Å². The van der Waals surface area contributed by atoms with E-state index in [1.165, 1.54) is 12.1 Å². The number of aromatic nitrogens is 1. The van der Waals surface area contributed by atoms with Crippen molar-refractivity contribution in [3.63, 3.8) is 0 Å². The largest absolute Gasteiger partial charge is 0.444 e. The summed E-state index contributed by atoms with van der Waals surface area (Å²) in [5.41, 5.74) is 0.581. The monoisotopic (exact) mass is 324 g/mol. The standard InChI is InChI=1S/C17H22F2N2O2/c1-5-11(21-16(22)23-17(2,3)4)8-10-9-13(18)14(19)12-6-7-20-15(10)12/h6-7,9,11,20H,5,8H2,1-4H3,(H,21,22)/t11-/m1/s1. The fourth-order valence-corrected chi connectivity index (χ4v) is 2.43. The lowest BCUT2D eigenvalue weighted by Crippen LogP contribution is -2.40. The van der Waals surface area contributed by atoms with Crippen LogP contribution in [-0.2, 0) is 11.2 Å². The number of nitrogens with one attached hydrogen (secondary N) is 2. The van der Waals surface area contributed by atoms with Crippen LogP contribution in [0.2, 0.25) is 0 Å². The molecule has 0 aliphatic rings. The maximum absolute atomic E-state index is 13.7. The summed E-state index contributed by atoms with van der Waals surface area (Å²) in [4.78, 5) is 14.8. The van der Waals surface area contributed by atoms with E-state index in [0.29, 0.717) is 23.9 Å². The molecule has 0 radical (unpaired) electrons. The van der Waals surface area contributed by atoms with Crippen LogP contribution in [0.4, 0.5) is 13.6 Å². The molecule has 0 spiro atoms. The number of H-pyrrole nitrogens is 1. The first-order valence-corrected chi connectivity index (χ1v) is 7.64. The predicted molar refractivity (Wildman–Crippen MR) is 85.4 cm³/mol. The Bertz CT molecular complexity index is 704. The highest BCUT2D eigenvalue weighted by Crippen LogP contribution is 2.25. The van der Waals surface area contributed by atoms with E-state index in [1.807, 2.05) is 6.92 Å². The number of halogens is 2. The second-order valence-electron chi connectivity index (χ2n) is 6.55. The molecule has 1 atom stereocenters. The summed E-state index contributed by atoms with van der Waals surface area (Å²) < 4.78 is 32.7. The van der Waals surface area contributed by atoms with Crippen molar-refractivity contribution in [2.24, 2.45) is 0 Å². The van der Waals surface area contributed by atoms with Gasteiger partial charge in [-0.2, -0.15) is 0 Å². The van der Waals surface area contributed by atoms with Crippen LogP contribution in [0.1, 0.15) is 39.7 Å². The summed E-state index contributed by atoms with van der Waals surface area (Å²) >= 11 is 0. The maximum Gasteiger partial charge on any atom is 0.407 e. The molecule has 0 unspecified atom stereocenters. The number of hydrogen-bond donors (Lipinski definition) is 2. The molecule has 0 saturated heterocycles. The topological polar surface area (TPSA) is 54.1 Å². The molecule has 2 N–H and O–H groups in total. The van der Waals surface area contributed by atoms with Crippen LogP contribution in [0.15, 0.2) is 18.3 Å². The number of rotatable bonds is 4. The van der Waals surface area contributed by atoms with E-state index in [4.69, 9.17) is 4.74 Å². The number of ether oxygens (including phenoxy) is 1. The number of aromatic amines is 1. The van der Waals surface area contributed by atoms with Crippen LogP contribution in [0.5, 0.6) is 0 Å². The molecule has 0 aliphatic carbocycles. The van der Waals surface area contributed by atoms with E-state index in [2.05, 4.69) is 10.3 Å². The van der Waals surface area contributed by atoms with E-state index in [0.717, 1.165) is 0 Å². The fraction of sp³-hybridized carbons (Fsp3) is 0.471. The van der Waals surface area contributed by atoms with E-state index in [1.54, 1.807) is 27.0 Å². The molecule has 4 nitrogen and oxygen atoms in total. The maximum atomic E-state index is 13.7. The van der Waals surface area contributed by atoms with Gasteiger partial charge in [0.15, 0.2) is 11.6 Å². The van der Waals surface area contributed by atoms with Crippen LogP contribution < -0.4 is 5.32 Å². The van der Waals surface area contributed by atoms with Gasteiger partial charge in [0.05, 0.1) is 5.52 Å². The van der Waals surface area contributed by atoms with Gasteiger partial charge in [-0.25, -0.2) is 13.6 Å². The highest BCUT2D eigenvalue weighted by atomic mass is 19.2. The quantitative estimate of drug-likeness (QED) is 0.881. The zero-order valence-corrected chi connectivity index (χ0v) is 13.8. The SMILES string of the molecule is CC[C@H](Cc1cc(F)c(F)c2cc[nH]c12)NC(=O)OC(C)(C)C. The number of alkyl carbamates (subject to hydrolysis) is 1. The minimum atomic E-state index is -0.890. The van der Waals surface area contributed by atoms with E-state index >= 15 is 0 Å². The third-order valence-corrected chi connectivity index (χ3v) is 3.50. The summed E-state index contributed by atoms with van der Waals surface area (Å²) in [5.74, 6) is -1.75. The van der Waals surface area contributed by atoms with Crippen molar-refractivity contribution in [2.75, 3.05) is 0 Å². The first-order valence-electron chi connectivity index (χ1n) is 7.64. The van der Waals surface area contributed by atoms with E-state index < -0.39 is 23.3 Å². The highest BCUT2D eigenvalue weighted by molar-refractivity contribution is 5.83. The molecule has 0 fully saturated rings. The molecule has 2 rings (SSSR count). The second-order valence-corrected chi connectivity index (χ2v) is 6.55. The van der Waals surface area contributed by atoms with Gasteiger partial charge in [0.25, 0.3) is 0 Å². The molecule has 2 aromatic rings. The molecular formula is C17H22F2N2O2. The molecular weight excluding hydrogens is 302 g/mol. The summed E-state index contributed by atoms with van der Waals surface area (Å²) in [5, 5.41) is 2.99. The Morgan fingerprint density at radius 3 is 2.70 bits per heavy atom. The van der Waals surface area contributed by atoms with Crippen LogP contribution in [0.3, 0.4) is 0 Å². The first kappa shape index (κ1) is 17.2. The minimum absolute atomic E-state index is 0.215. The average Bonchev–Trinajstić information content (AvgIpc) is 2.91. The van der Waals surface area contributed by atoms with Crippen molar-refractivity contribution in [3.8, 4) is 0 Å². The van der Waals surface area contributed by atoms with Crippen molar-refractivity contribution in [1.82, 2.24) is 10.3 Å². The number of fused-ring (bicyclic) bond motifs is 1. The zero-order valence-electron chi connectivity index (χ0n) is 13.8. The van der Waals surface area contributed by atoms with Gasteiger partial charge in [0.2, 0.25) is 0 Å². The minimum Gasteiger partial charge on any atom is -0.444 e. The number of hydrogen-bond acceptors (Lipinski definition) is 2. The molecule has 1 aromatic carbocycles. The predicted octanol–water partition coefficient (Wildman–Crippen LogP) is 4.29. The van der Waals surface area contributed by atoms with Crippen molar-refractivity contribution in [2.45, 2.75) is 52.2 Å². The molecule has 1 amide bonds. The van der Waals surface area contributed by atoms with Crippen molar-refractivity contribution in [3.05, 3.63) is 35.5 Å². The highest BCUT2D eigenvalue weighted by Gasteiger charge is 2.21. The number of carbonyl (C=O) groups excluding carboxylic acids is 1. The van der Waals surface area contributed by atoms with Crippen molar-refractivity contribution < 1.29 is 18.3 Å². The second kappa shape index (κ2) is 6.56. The molecule has 1 heterocycles. The smallest absolute Gasteiger partial charge is 0.407 e. The van der Waals surface area contributed by atoms with Crippen LogP contribution in [-0.4, -0.2) is 22.7 Å². The lowest BCUT2D eigenvalue weighted by molar-refractivity contribution is 0.0503. The summed E-state index contributed by atoms with van der Waals surface area (Å²) in [7, 11) is 0. The summed E-state index contributed by atoms with van der Waals surface area (Å²) in [6.07, 6.45) is 2.07. The molecule has 23 heavy (non-hydrogen) atoms. The van der Waals surface area contributed by atoms with Crippen molar-refractivity contribution >= 4 is 17.0 Å². The number of benzene rings is 1. The summed E-state index contributed by atoms with van der Waals surface area (Å²) in [6.45, 7) is 7.26. The third-order valence-electron chi connectivity index (χ3n) is 3.50. The Hall–Kier alpha value is -2.11. The van der Waals surface area contributed by atoms with E-state index in [-0.39, 0.29) is 11.4 Å². The molecule has 0 saturated carbocycles. The molecule has 126 valence electrons. The van der Waals surface area contributed by atoms with Crippen LogP contribution in [0.25, 0.3) is 10.9 Å². The third kappa shape index (κ3) is 4.21. The van der Waals surface area contributed by atoms with Gasteiger partial charge < -0.3 is 15.0 Å². The van der Waals surface area contributed by atoms with Gasteiger partial charge in [0, 0.05) is 17.6 Å². The van der Waals surface area contributed by atoms with Crippen molar-refractivity contribution in [1.29, 1.82) is 0 Å². The summed E-state index contributed by atoms with van der Waals surface area (Å²) in [6, 6.07) is 2.44. The Labute approximate surface area is 134 Å². The Morgan fingerprint density at radius 2 is 2.09 bits per heavy atom. The van der Waals surface area contributed by atoms with Gasteiger partial charge in [-0.15, -0.1) is 0 Å². The lowest BCUT2D eigenvalue weighted by atomic mass is 10.0. The fourth-order valence-electron chi connectivity index (χ4n) is 2.43.